The minimum Gasteiger partial charge on any atom is -0.352 e. The minimum atomic E-state index is -4.20. The van der Waals surface area contributed by atoms with Crippen molar-refractivity contribution in [3.05, 3.63) is 87.2 Å². The van der Waals surface area contributed by atoms with Crippen LogP contribution in [0.5, 0.6) is 0 Å². The largest absolute Gasteiger partial charge is 0.352 e. The maximum atomic E-state index is 13.4. The van der Waals surface area contributed by atoms with E-state index in [1.165, 1.54) is 0 Å². The molecule has 1 heterocycles. The van der Waals surface area contributed by atoms with Crippen molar-refractivity contribution in [2.45, 2.75) is 30.7 Å². The van der Waals surface area contributed by atoms with E-state index in [4.69, 9.17) is 23.2 Å². The average Bonchev–Trinajstić information content (AvgIpc) is 3.18. The summed E-state index contributed by atoms with van der Waals surface area (Å²) in [7, 11) is -4.20. The Hall–Kier alpha value is -2.75. The summed E-state index contributed by atoms with van der Waals surface area (Å²) >= 11 is 12.3. The van der Waals surface area contributed by atoms with E-state index in [0.717, 1.165) is 41.7 Å². The van der Waals surface area contributed by atoms with Crippen LogP contribution in [0.1, 0.15) is 29.7 Å². The van der Waals surface area contributed by atoms with Crippen molar-refractivity contribution in [3.8, 4) is 0 Å². The Morgan fingerprint density at radius 3 is 2.57 bits per heavy atom. The van der Waals surface area contributed by atoms with Gasteiger partial charge in [0.15, 0.2) is 9.84 Å². The second-order valence-electron chi connectivity index (χ2n) is 8.16. The van der Waals surface area contributed by atoms with Gasteiger partial charge in [0.1, 0.15) is 17.4 Å². The molecular formula is C24H21Cl2F2N3O3S. The van der Waals surface area contributed by atoms with Crippen LogP contribution in [-0.2, 0) is 27.6 Å². The molecule has 1 aliphatic carbocycles. The summed E-state index contributed by atoms with van der Waals surface area (Å²) in [5.41, 5.74) is 3.86. The lowest BCUT2D eigenvalue weighted by Crippen LogP contribution is -2.30. The molecule has 0 atom stereocenters. The van der Waals surface area contributed by atoms with Gasteiger partial charge in [-0.2, -0.15) is 5.10 Å². The number of aryl methyl sites for hydroxylation is 1. The summed E-state index contributed by atoms with van der Waals surface area (Å²) in [5.74, 6) is -3.75. The Labute approximate surface area is 211 Å². The summed E-state index contributed by atoms with van der Waals surface area (Å²) in [6, 6.07) is 7.21. The summed E-state index contributed by atoms with van der Waals surface area (Å²) < 4.78 is 53.3. The van der Waals surface area contributed by atoms with Crippen LogP contribution >= 0.6 is 23.2 Å². The monoisotopic (exact) mass is 539 g/mol. The number of hydrogen-bond donors (Lipinski definition) is 1. The van der Waals surface area contributed by atoms with Gasteiger partial charge in [0.2, 0.25) is 5.91 Å². The van der Waals surface area contributed by atoms with Crippen molar-refractivity contribution in [1.82, 2.24) is 15.1 Å². The summed E-state index contributed by atoms with van der Waals surface area (Å²) in [6.45, 7) is 0.533. The number of hydrogen-bond acceptors (Lipinski definition) is 4. The molecule has 1 amide bonds. The molecule has 2 aromatic carbocycles. The first-order chi connectivity index (χ1) is 16.6. The molecule has 0 fully saturated rings. The molecule has 1 aromatic heterocycles. The highest BCUT2D eigenvalue weighted by Crippen LogP contribution is 2.32. The molecule has 0 radical (unpaired) electrons. The Morgan fingerprint density at radius 1 is 1.11 bits per heavy atom. The van der Waals surface area contributed by atoms with Crippen molar-refractivity contribution < 1.29 is 22.0 Å². The molecule has 6 nitrogen and oxygen atoms in total. The van der Waals surface area contributed by atoms with Gasteiger partial charge in [-0.3, -0.25) is 9.48 Å². The predicted octanol–water partition coefficient (Wildman–Crippen LogP) is 4.83. The highest BCUT2D eigenvalue weighted by Gasteiger charge is 2.22. The van der Waals surface area contributed by atoms with E-state index in [0.29, 0.717) is 34.8 Å². The van der Waals surface area contributed by atoms with Gasteiger partial charge >= 0.3 is 0 Å². The highest BCUT2D eigenvalue weighted by molar-refractivity contribution is 7.92. The Kier molecular flexibility index (Phi) is 7.59. The number of rotatable bonds is 7. The van der Waals surface area contributed by atoms with E-state index in [2.05, 4.69) is 10.4 Å². The van der Waals surface area contributed by atoms with Crippen LogP contribution in [0.15, 0.2) is 53.6 Å². The van der Waals surface area contributed by atoms with Crippen molar-refractivity contribution in [1.29, 1.82) is 0 Å². The fraction of sp³-hybridized carbons (Fsp3) is 0.250. The fourth-order valence-electron chi connectivity index (χ4n) is 4.00. The number of allylic oxidation sites excluding steroid dienone is 1. The normalized spacial score (nSPS) is 14.7. The number of nitrogens with zero attached hydrogens (tertiary/aromatic N) is 2. The smallest absolute Gasteiger partial charge is 0.235 e. The number of carbonyl (C=O) groups excluding carboxylic acids is 1. The number of aromatic nitrogens is 2. The fourth-order valence-corrected chi connectivity index (χ4v) is 5.67. The van der Waals surface area contributed by atoms with Crippen LogP contribution in [0.2, 0.25) is 10.0 Å². The molecule has 3 aromatic rings. The van der Waals surface area contributed by atoms with Gasteiger partial charge in [-0.05, 0) is 60.2 Å². The SMILES string of the molecule is O=C(CS(=O)(=O)c1cc(F)cc(F)c1)NC/C=C1\CCCc2cnn(Cc3ccc(Cl)cc3Cl)c21. The van der Waals surface area contributed by atoms with Gasteiger partial charge in [-0.1, -0.05) is 35.3 Å². The molecule has 1 N–H and O–H groups in total. The first-order valence-corrected chi connectivity index (χ1v) is 13.2. The zero-order chi connectivity index (χ0) is 25.2. The third-order valence-corrected chi connectivity index (χ3v) is 7.79. The molecule has 11 heteroatoms. The molecule has 0 spiro atoms. The van der Waals surface area contributed by atoms with Gasteiger partial charge in [0, 0.05) is 22.7 Å². The second-order valence-corrected chi connectivity index (χ2v) is 11.0. The minimum absolute atomic E-state index is 0.0908. The number of fused-ring (bicyclic) bond motifs is 1. The lowest BCUT2D eigenvalue weighted by Gasteiger charge is -2.18. The molecule has 0 saturated heterocycles. The van der Waals surface area contributed by atoms with Crippen LogP contribution in [0.3, 0.4) is 0 Å². The molecule has 0 unspecified atom stereocenters. The van der Waals surface area contributed by atoms with Crippen molar-refractivity contribution in [2.75, 3.05) is 12.3 Å². The Morgan fingerprint density at radius 2 is 1.86 bits per heavy atom. The zero-order valence-electron chi connectivity index (χ0n) is 18.4. The summed E-state index contributed by atoms with van der Waals surface area (Å²) in [5, 5.41) is 8.13. The van der Waals surface area contributed by atoms with E-state index in [1.54, 1.807) is 12.1 Å². The molecule has 1 aliphatic rings. The van der Waals surface area contributed by atoms with Gasteiger partial charge in [0.05, 0.1) is 23.3 Å². The van der Waals surface area contributed by atoms with Crippen molar-refractivity contribution in [3.63, 3.8) is 0 Å². The first kappa shape index (κ1) is 25.3. The molecular weight excluding hydrogens is 519 g/mol. The maximum absolute atomic E-state index is 13.4. The molecule has 0 saturated carbocycles. The lowest BCUT2D eigenvalue weighted by molar-refractivity contribution is -0.118. The number of sulfone groups is 1. The van der Waals surface area contributed by atoms with Crippen LogP contribution in [0, 0.1) is 11.6 Å². The van der Waals surface area contributed by atoms with E-state index >= 15 is 0 Å². The molecule has 35 heavy (non-hydrogen) atoms. The van der Waals surface area contributed by atoms with Crippen LogP contribution in [0.4, 0.5) is 8.78 Å². The molecule has 4 rings (SSSR count). The Bertz CT molecular complexity index is 1400. The van der Waals surface area contributed by atoms with Crippen molar-refractivity contribution >= 4 is 44.5 Å². The second kappa shape index (κ2) is 10.5. The zero-order valence-corrected chi connectivity index (χ0v) is 20.7. The topological polar surface area (TPSA) is 81.1 Å². The summed E-state index contributed by atoms with van der Waals surface area (Å²) in [4.78, 5) is 11.7. The third-order valence-electron chi connectivity index (χ3n) is 5.61. The molecule has 0 bridgehead atoms. The van der Waals surface area contributed by atoms with E-state index < -0.39 is 38.0 Å². The number of nitrogens with one attached hydrogen (secondary N) is 1. The molecule has 184 valence electrons. The third kappa shape index (κ3) is 6.09. The Balaban J connectivity index is 1.45. The van der Waals surface area contributed by atoms with E-state index in [1.807, 2.05) is 23.0 Å². The van der Waals surface area contributed by atoms with Gasteiger partial charge in [0.25, 0.3) is 0 Å². The van der Waals surface area contributed by atoms with Crippen LogP contribution in [-0.4, -0.2) is 36.4 Å². The number of amides is 1. The summed E-state index contributed by atoms with van der Waals surface area (Å²) in [6.07, 6.45) is 6.20. The number of halogens is 4. The van der Waals surface area contributed by atoms with Gasteiger partial charge in [-0.15, -0.1) is 0 Å². The van der Waals surface area contributed by atoms with Gasteiger partial charge in [-0.25, -0.2) is 17.2 Å². The van der Waals surface area contributed by atoms with Crippen molar-refractivity contribution in [2.24, 2.45) is 0 Å². The predicted molar refractivity (Wildman–Crippen MR) is 130 cm³/mol. The highest BCUT2D eigenvalue weighted by atomic mass is 35.5. The number of benzene rings is 2. The number of carbonyl (C=O) groups is 1. The van der Waals surface area contributed by atoms with Gasteiger partial charge < -0.3 is 5.32 Å². The van der Waals surface area contributed by atoms with E-state index in [9.17, 15) is 22.0 Å². The van der Waals surface area contributed by atoms with Crippen LogP contribution in [0.25, 0.3) is 5.57 Å². The average molecular weight is 540 g/mol. The first-order valence-electron chi connectivity index (χ1n) is 10.8. The quantitative estimate of drug-likeness (QED) is 0.466. The lowest BCUT2D eigenvalue weighted by atomic mass is 9.92. The molecule has 0 aliphatic heterocycles. The van der Waals surface area contributed by atoms with E-state index in [-0.39, 0.29) is 6.54 Å². The van der Waals surface area contributed by atoms with Crippen LogP contribution < -0.4 is 5.32 Å². The maximum Gasteiger partial charge on any atom is 0.235 e. The standard InChI is InChI=1S/C24H21Cl2F2N3O3S/c25-18-5-4-17(22(26)8-18)13-31-24-15(2-1-3-16(24)12-30-31)6-7-29-23(32)14-35(33,34)21-10-19(27)9-20(28)11-21/h4-6,8-12H,1-3,7,13-14H2,(H,29,32)/b15-6+.